The summed E-state index contributed by atoms with van der Waals surface area (Å²) in [5, 5.41) is 8.19. The third-order valence-corrected chi connectivity index (χ3v) is 3.73. The minimum absolute atomic E-state index is 0.221. The third-order valence-electron chi connectivity index (χ3n) is 3.04. The molecule has 8 nitrogen and oxygen atoms in total. The average molecular weight is 298 g/mol. The van der Waals surface area contributed by atoms with E-state index in [1.165, 1.54) is 0 Å². The molecule has 3 rings (SSSR count). The Hall–Kier alpha value is -1.71. The van der Waals surface area contributed by atoms with Crippen LogP contribution in [0.3, 0.4) is 0 Å². The van der Waals surface area contributed by atoms with Gasteiger partial charge in [0.15, 0.2) is 0 Å². The first-order valence-electron chi connectivity index (χ1n) is 6.04. The summed E-state index contributed by atoms with van der Waals surface area (Å²) < 4.78 is 37.0. The SMILES string of the molecule is CS(=O)(=O)NCC1Cn2nnc(-c3ccoc3)c2CO1. The van der Waals surface area contributed by atoms with E-state index in [1.54, 1.807) is 17.2 Å². The number of hydrogen-bond acceptors (Lipinski definition) is 6. The maximum absolute atomic E-state index is 11.1. The number of aromatic nitrogens is 3. The molecule has 1 N–H and O–H groups in total. The van der Waals surface area contributed by atoms with Gasteiger partial charge in [0, 0.05) is 12.1 Å². The number of furan rings is 1. The van der Waals surface area contributed by atoms with Crippen molar-refractivity contribution < 1.29 is 17.6 Å². The Morgan fingerprint density at radius 1 is 1.55 bits per heavy atom. The molecule has 0 bridgehead atoms. The summed E-state index contributed by atoms with van der Waals surface area (Å²) in [6.07, 6.45) is 4.04. The van der Waals surface area contributed by atoms with Crippen molar-refractivity contribution in [2.45, 2.75) is 19.3 Å². The van der Waals surface area contributed by atoms with Gasteiger partial charge in [0.25, 0.3) is 0 Å². The first kappa shape index (κ1) is 13.3. The molecule has 2 aromatic rings. The van der Waals surface area contributed by atoms with E-state index in [9.17, 15) is 8.42 Å². The Kier molecular flexibility index (Phi) is 3.32. The number of nitrogens with zero attached hydrogens (tertiary/aromatic N) is 3. The first-order chi connectivity index (χ1) is 9.53. The highest BCUT2D eigenvalue weighted by Crippen LogP contribution is 2.25. The monoisotopic (exact) mass is 298 g/mol. The van der Waals surface area contributed by atoms with E-state index >= 15 is 0 Å². The fraction of sp³-hybridized carbons (Fsp3) is 0.455. The van der Waals surface area contributed by atoms with Crippen LogP contribution in [-0.4, -0.2) is 42.3 Å². The van der Waals surface area contributed by atoms with Crippen LogP contribution in [-0.2, 0) is 27.9 Å². The number of ether oxygens (including phenoxy) is 1. The van der Waals surface area contributed by atoms with Gasteiger partial charge >= 0.3 is 0 Å². The molecule has 0 saturated heterocycles. The second-order valence-corrected chi connectivity index (χ2v) is 6.47. The molecule has 0 aromatic carbocycles. The Morgan fingerprint density at radius 2 is 2.40 bits per heavy atom. The Labute approximate surface area is 115 Å². The second kappa shape index (κ2) is 5.00. The van der Waals surface area contributed by atoms with E-state index in [0.29, 0.717) is 13.2 Å². The number of nitrogens with one attached hydrogen (secondary N) is 1. The van der Waals surface area contributed by atoms with Crippen molar-refractivity contribution >= 4 is 10.0 Å². The zero-order valence-corrected chi connectivity index (χ0v) is 11.6. The fourth-order valence-electron chi connectivity index (χ4n) is 2.06. The first-order valence-corrected chi connectivity index (χ1v) is 7.93. The quantitative estimate of drug-likeness (QED) is 0.852. The van der Waals surface area contributed by atoms with Crippen molar-refractivity contribution in [1.29, 1.82) is 0 Å². The highest BCUT2D eigenvalue weighted by atomic mass is 32.2. The molecule has 108 valence electrons. The van der Waals surface area contributed by atoms with Crippen molar-refractivity contribution in [3.8, 4) is 11.3 Å². The minimum atomic E-state index is -3.22. The Bertz CT molecular complexity index is 692. The van der Waals surface area contributed by atoms with Crippen LogP contribution in [0.2, 0.25) is 0 Å². The minimum Gasteiger partial charge on any atom is -0.472 e. The predicted molar refractivity (Wildman–Crippen MR) is 69.1 cm³/mol. The van der Waals surface area contributed by atoms with Crippen molar-refractivity contribution in [3.05, 3.63) is 24.3 Å². The van der Waals surface area contributed by atoms with Crippen molar-refractivity contribution in [2.24, 2.45) is 0 Å². The normalized spacial score (nSPS) is 18.9. The zero-order valence-electron chi connectivity index (χ0n) is 10.8. The lowest BCUT2D eigenvalue weighted by atomic mass is 10.2. The van der Waals surface area contributed by atoms with Crippen LogP contribution in [0.15, 0.2) is 23.0 Å². The lowest BCUT2D eigenvalue weighted by Crippen LogP contribution is -2.38. The smallest absolute Gasteiger partial charge is 0.208 e. The molecule has 0 amide bonds. The molecule has 0 aliphatic carbocycles. The summed E-state index contributed by atoms with van der Waals surface area (Å²) in [4.78, 5) is 0. The van der Waals surface area contributed by atoms with Gasteiger partial charge < -0.3 is 9.15 Å². The van der Waals surface area contributed by atoms with Gasteiger partial charge in [-0.25, -0.2) is 17.8 Å². The molecule has 1 atom stereocenters. The zero-order chi connectivity index (χ0) is 14.2. The van der Waals surface area contributed by atoms with E-state index in [1.807, 2.05) is 6.07 Å². The van der Waals surface area contributed by atoms with E-state index in [0.717, 1.165) is 23.2 Å². The number of rotatable bonds is 4. The van der Waals surface area contributed by atoms with Crippen LogP contribution in [0.4, 0.5) is 0 Å². The molecule has 20 heavy (non-hydrogen) atoms. The fourth-order valence-corrected chi connectivity index (χ4v) is 2.54. The highest BCUT2D eigenvalue weighted by molar-refractivity contribution is 7.88. The molecule has 3 heterocycles. The average Bonchev–Trinajstić information content (AvgIpc) is 3.03. The highest BCUT2D eigenvalue weighted by Gasteiger charge is 2.25. The summed E-state index contributed by atoms with van der Waals surface area (Å²) in [7, 11) is -3.22. The number of sulfonamides is 1. The van der Waals surface area contributed by atoms with Gasteiger partial charge in [0.1, 0.15) is 5.69 Å². The maximum Gasteiger partial charge on any atom is 0.208 e. The van der Waals surface area contributed by atoms with Crippen LogP contribution in [0.25, 0.3) is 11.3 Å². The van der Waals surface area contributed by atoms with E-state index < -0.39 is 10.0 Å². The second-order valence-electron chi connectivity index (χ2n) is 4.63. The molecular formula is C11H14N4O4S. The van der Waals surface area contributed by atoms with Gasteiger partial charge in [-0.2, -0.15) is 0 Å². The molecule has 0 spiro atoms. The van der Waals surface area contributed by atoms with Crippen LogP contribution in [0.5, 0.6) is 0 Å². The van der Waals surface area contributed by atoms with Gasteiger partial charge in [0.2, 0.25) is 10.0 Å². The van der Waals surface area contributed by atoms with E-state index in [2.05, 4.69) is 15.0 Å². The summed E-state index contributed by atoms with van der Waals surface area (Å²) in [5.74, 6) is 0. The molecule has 9 heteroatoms. The van der Waals surface area contributed by atoms with Crippen molar-refractivity contribution in [1.82, 2.24) is 19.7 Å². The molecular weight excluding hydrogens is 284 g/mol. The molecule has 1 unspecified atom stereocenters. The maximum atomic E-state index is 11.1. The van der Waals surface area contributed by atoms with Crippen LogP contribution < -0.4 is 4.72 Å². The summed E-state index contributed by atoms with van der Waals surface area (Å²) in [6, 6.07) is 1.81. The number of hydrogen-bond donors (Lipinski definition) is 1. The largest absolute Gasteiger partial charge is 0.472 e. The molecule has 0 radical (unpaired) electrons. The van der Waals surface area contributed by atoms with E-state index in [4.69, 9.17) is 9.15 Å². The number of fused-ring (bicyclic) bond motifs is 1. The van der Waals surface area contributed by atoms with Crippen LogP contribution in [0, 0.1) is 0 Å². The van der Waals surface area contributed by atoms with Crippen molar-refractivity contribution in [2.75, 3.05) is 12.8 Å². The van der Waals surface area contributed by atoms with Gasteiger partial charge in [-0.05, 0) is 6.07 Å². The third kappa shape index (κ3) is 2.74. The lowest BCUT2D eigenvalue weighted by molar-refractivity contribution is 0.00434. The predicted octanol–water partition coefficient (Wildman–Crippen LogP) is -0.0139. The van der Waals surface area contributed by atoms with Crippen LogP contribution in [0.1, 0.15) is 5.69 Å². The Balaban J connectivity index is 1.74. The van der Waals surface area contributed by atoms with Gasteiger partial charge in [-0.15, -0.1) is 5.10 Å². The Morgan fingerprint density at radius 3 is 3.10 bits per heavy atom. The molecule has 1 aliphatic rings. The van der Waals surface area contributed by atoms with E-state index in [-0.39, 0.29) is 12.6 Å². The molecule has 0 fully saturated rings. The van der Waals surface area contributed by atoms with Gasteiger partial charge in [-0.1, -0.05) is 5.21 Å². The summed E-state index contributed by atoms with van der Waals surface area (Å²) >= 11 is 0. The van der Waals surface area contributed by atoms with Crippen LogP contribution >= 0.6 is 0 Å². The summed E-state index contributed by atoms with van der Waals surface area (Å²) in [5.41, 5.74) is 2.44. The molecule has 2 aromatic heterocycles. The van der Waals surface area contributed by atoms with Crippen molar-refractivity contribution in [3.63, 3.8) is 0 Å². The van der Waals surface area contributed by atoms with Gasteiger partial charge in [-0.3, -0.25) is 0 Å². The lowest BCUT2D eigenvalue weighted by Gasteiger charge is -2.23. The molecule has 1 aliphatic heterocycles. The topological polar surface area (TPSA) is 99.2 Å². The standard InChI is InChI=1S/C11H14N4O4S/c1-20(16,17)12-4-9-5-15-10(7-19-9)11(13-14-15)8-2-3-18-6-8/h2-3,6,9,12H,4-5,7H2,1H3. The summed E-state index contributed by atoms with van der Waals surface area (Å²) in [6.45, 7) is 1.02. The van der Waals surface area contributed by atoms with Gasteiger partial charge in [0.05, 0.1) is 43.7 Å². The molecule has 0 saturated carbocycles.